The molecule has 1 aromatic carbocycles. The van der Waals surface area contributed by atoms with Gasteiger partial charge in [0.25, 0.3) is 0 Å². The molecule has 2 aromatic heterocycles. The first-order chi connectivity index (χ1) is 8.34. The van der Waals surface area contributed by atoms with Crippen molar-refractivity contribution in [2.45, 2.75) is 0 Å². The number of halogens is 1. The Kier molecular flexibility index (Phi) is 2.57. The molecule has 3 rings (SSSR count). The fraction of sp³-hybridized carbons (Fsp3) is 0. The zero-order valence-corrected chi connectivity index (χ0v) is 10.4. The Bertz CT molecular complexity index is 682. The molecule has 0 spiro atoms. The first-order valence-electron chi connectivity index (χ1n) is 5.17. The lowest BCUT2D eigenvalue weighted by atomic mass is 10.2. The van der Waals surface area contributed by atoms with E-state index < -0.39 is 0 Å². The smallest absolute Gasteiger partial charge is 0.178 e. The SMILES string of the molecule is Brc1ccccc1-c1cnc2cccnc2n1. The normalized spacial score (nSPS) is 10.6. The Hall–Kier alpha value is -1.81. The topological polar surface area (TPSA) is 38.7 Å². The molecule has 0 saturated heterocycles. The van der Waals surface area contributed by atoms with Crippen LogP contribution in [0.25, 0.3) is 22.4 Å². The first-order valence-corrected chi connectivity index (χ1v) is 5.96. The average Bonchev–Trinajstić information content (AvgIpc) is 2.39. The molecule has 0 unspecified atom stereocenters. The van der Waals surface area contributed by atoms with E-state index in [9.17, 15) is 0 Å². The lowest BCUT2D eigenvalue weighted by molar-refractivity contribution is 1.22. The lowest BCUT2D eigenvalue weighted by Crippen LogP contribution is -1.90. The van der Waals surface area contributed by atoms with Crippen molar-refractivity contribution in [1.82, 2.24) is 15.0 Å². The number of hydrogen-bond acceptors (Lipinski definition) is 3. The summed E-state index contributed by atoms with van der Waals surface area (Å²) in [5, 5.41) is 0. The van der Waals surface area contributed by atoms with Crippen LogP contribution in [0.15, 0.2) is 53.3 Å². The van der Waals surface area contributed by atoms with E-state index in [1.807, 2.05) is 36.4 Å². The minimum atomic E-state index is 0.667. The van der Waals surface area contributed by atoms with Crippen molar-refractivity contribution in [3.63, 3.8) is 0 Å². The van der Waals surface area contributed by atoms with E-state index >= 15 is 0 Å². The first kappa shape index (κ1) is 10.4. The van der Waals surface area contributed by atoms with E-state index in [4.69, 9.17) is 0 Å². The number of nitrogens with zero attached hydrogens (tertiary/aromatic N) is 3. The van der Waals surface area contributed by atoms with Gasteiger partial charge in [-0.1, -0.05) is 34.1 Å². The summed E-state index contributed by atoms with van der Waals surface area (Å²) in [4.78, 5) is 13.1. The van der Waals surface area contributed by atoms with Crippen molar-refractivity contribution in [2.75, 3.05) is 0 Å². The highest BCUT2D eigenvalue weighted by Gasteiger charge is 2.05. The summed E-state index contributed by atoms with van der Waals surface area (Å²) in [5.74, 6) is 0. The number of fused-ring (bicyclic) bond motifs is 1. The summed E-state index contributed by atoms with van der Waals surface area (Å²) in [6.45, 7) is 0. The van der Waals surface area contributed by atoms with Crippen LogP contribution >= 0.6 is 15.9 Å². The van der Waals surface area contributed by atoms with Crippen molar-refractivity contribution in [2.24, 2.45) is 0 Å². The molecular formula is C13H8BrN3. The molecule has 0 atom stereocenters. The Morgan fingerprint density at radius 2 is 1.82 bits per heavy atom. The third-order valence-corrected chi connectivity index (χ3v) is 3.16. The van der Waals surface area contributed by atoms with Crippen LogP contribution in [0.4, 0.5) is 0 Å². The highest BCUT2D eigenvalue weighted by molar-refractivity contribution is 9.10. The van der Waals surface area contributed by atoms with Gasteiger partial charge in [-0.2, -0.15) is 0 Å². The van der Waals surface area contributed by atoms with Gasteiger partial charge < -0.3 is 0 Å². The molecule has 0 aliphatic carbocycles. The summed E-state index contributed by atoms with van der Waals surface area (Å²) in [6.07, 6.45) is 3.49. The summed E-state index contributed by atoms with van der Waals surface area (Å²) >= 11 is 3.51. The molecule has 3 nitrogen and oxygen atoms in total. The fourth-order valence-corrected chi connectivity index (χ4v) is 2.14. The van der Waals surface area contributed by atoms with Gasteiger partial charge in [-0.3, -0.25) is 4.98 Å². The van der Waals surface area contributed by atoms with Gasteiger partial charge in [0, 0.05) is 16.2 Å². The molecule has 0 saturated carbocycles. The Morgan fingerprint density at radius 1 is 0.941 bits per heavy atom. The van der Waals surface area contributed by atoms with Crippen LogP contribution in [-0.2, 0) is 0 Å². The minimum Gasteiger partial charge on any atom is -0.251 e. The average molecular weight is 286 g/mol. The van der Waals surface area contributed by atoms with E-state index in [0.29, 0.717) is 5.65 Å². The molecule has 0 aliphatic rings. The zero-order valence-electron chi connectivity index (χ0n) is 8.84. The second-order valence-electron chi connectivity index (χ2n) is 3.58. The van der Waals surface area contributed by atoms with Gasteiger partial charge in [0.1, 0.15) is 5.52 Å². The van der Waals surface area contributed by atoms with Gasteiger partial charge in [-0.15, -0.1) is 0 Å². The molecule has 2 heterocycles. The van der Waals surface area contributed by atoms with Crippen LogP contribution in [0.1, 0.15) is 0 Å². The van der Waals surface area contributed by atoms with Crippen molar-refractivity contribution < 1.29 is 0 Å². The number of hydrogen-bond donors (Lipinski definition) is 0. The van der Waals surface area contributed by atoms with Crippen LogP contribution in [0.2, 0.25) is 0 Å². The molecule has 3 aromatic rings. The number of aromatic nitrogens is 3. The summed E-state index contributed by atoms with van der Waals surface area (Å²) in [6, 6.07) is 11.7. The molecule has 17 heavy (non-hydrogen) atoms. The maximum absolute atomic E-state index is 4.50. The van der Waals surface area contributed by atoms with E-state index in [1.54, 1.807) is 12.4 Å². The van der Waals surface area contributed by atoms with Gasteiger partial charge in [-0.25, -0.2) is 9.97 Å². The van der Waals surface area contributed by atoms with Gasteiger partial charge >= 0.3 is 0 Å². The Morgan fingerprint density at radius 3 is 2.71 bits per heavy atom. The molecule has 0 amide bonds. The molecule has 0 bridgehead atoms. The summed E-state index contributed by atoms with van der Waals surface area (Å²) in [7, 11) is 0. The molecule has 82 valence electrons. The minimum absolute atomic E-state index is 0.667. The van der Waals surface area contributed by atoms with Crippen LogP contribution < -0.4 is 0 Å². The van der Waals surface area contributed by atoms with Gasteiger partial charge in [0.2, 0.25) is 0 Å². The van der Waals surface area contributed by atoms with Crippen molar-refractivity contribution >= 4 is 27.1 Å². The fourth-order valence-electron chi connectivity index (χ4n) is 1.65. The van der Waals surface area contributed by atoms with Crippen LogP contribution in [-0.4, -0.2) is 15.0 Å². The molecule has 0 N–H and O–H groups in total. The van der Waals surface area contributed by atoms with E-state index in [2.05, 4.69) is 30.9 Å². The zero-order chi connectivity index (χ0) is 11.7. The number of pyridine rings is 1. The van der Waals surface area contributed by atoms with Gasteiger partial charge in [-0.05, 0) is 18.2 Å². The Labute approximate surface area is 107 Å². The van der Waals surface area contributed by atoms with Gasteiger partial charge in [0.15, 0.2) is 5.65 Å². The van der Waals surface area contributed by atoms with Gasteiger partial charge in [0.05, 0.1) is 11.9 Å². The molecule has 4 heteroatoms. The second kappa shape index (κ2) is 4.22. The maximum Gasteiger partial charge on any atom is 0.178 e. The van der Waals surface area contributed by atoms with Crippen molar-refractivity contribution in [1.29, 1.82) is 0 Å². The third kappa shape index (κ3) is 1.91. The molecule has 0 radical (unpaired) electrons. The highest BCUT2D eigenvalue weighted by atomic mass is 79.9. The predicted octanol–water partition coefficient (Wildman–Crippen LogP) is 3.45. The molecule has 0 fully saturated rings. The van der Waals surface area contributed by atoms with Crippen molar-refractivity contribution in [3.8, 4) is 11.3 Å². The standard InChI is InChI=1S/C13H8BrN3/c14-10-5-2-1-4-9(10)12-8-16-11-6-3-7-15-13(11)17-12/h1-8H. The summed E-state index contributed by atoms with van der Waals surface area (Å²) in [5.41, 5.74) is 3.32. The van der Waals surface area contributed by atoms with Crippen LogP contribution in [0.5, 0.6) is 0 Å². The van der Waals surface area contributed by atoms with Crippen molar-refractivity contribution in [3.05, 3.63) is 53.3 Å². The maximum atomic E-state index is 4.50. The molecule has 0 aliphatic heterocycles. The number of benzene rings is 1. The largest absolute Gasteiger partial charge is 0.251 e. The van der Waals surface area contributed by atoms with E-state index in [-0.39, 0.29) is 0 Å². The highest BCUT2D eigenvalue weighted by Crippen LogP contribution is 2.26. The predicted molar refractivity (Wildman–Crippen MR) is 70.5 cm³/mol. The number of rotatable bonds is 1. The van der Waals surface area contributed by atoms with E-state index in [0.717, 1.165) is 21.2 Å². The molecular weight excluding hydrogens is 278 g/mol. The lowest BCUT2D eigenvalue weighted by Gasteiger charge is -2.03. The van der Waals surface area contributed by atoms with Crippen LogP contribution in [0, 0.1) is 0 Å². The quantitative estimate of drug-likeness (QED) is 0.687. The Balaban J connectivity index is 2.22. The van der Waals surface area contributed by atoms with Crippen LogP contribution in [0.3, 0.4) is 0 Å². The summed E-state index contributed by atoms with van der Waals surface area (Å²) < 4.78 is 1.00. The monoisotopic (exact) mass is 285 g/mol. The second-order valence-corrected chi connectivity index (χ2v) is 4.44. The van der Waals surface area contributed by atoms with E-state index in [1.165, 1.54) is 0 Å². The third-order valence-electron chi connectivity index (χ3n) is 2.47.